The van der Waals surface area contributed by atoms with Crippen LogP contribution >= 0.6 is 0 Å². The minimum Gasteiger partial charge on any atom is -0.258 e. The molecule has 0 bridgehead atoms. The molecule has 1 rings (SSSR count). The second-order valence-electron chi connectivity index (χ2n) is 2.76. The Balaban J connectivity index is 3.09. The third-order valence-corrected chi connectivity index (χ3v) is 1.80. The second kappa shape index (κ2) is 4.19. The Morgan fingerprint density at radius 3 is 2.79 bits per heavy atom. The molecule has 0 radical (unpaired) electrons. The van der Waals surface area contributed by atoms with Gasteiger partial charge in [0.1, 0.15) is 0 Å². The van der Waals surface area contributed by atoms with Gasteiger partial charge < -0.3 is 0 Å². The summed E-state index contributed by atoms with van der Waals surface area (Å²) >= 11 is 0. The number of nitriles is 1. The molecule has 0 N–H and O–H groups in total. The summed E-state index contributed by atoms with van der Waals surface area (Å²) in [6.45, 7) is 1.77. The highest BCUT2D eigenvalue weighted by Crippen LogP contribution is 2.17. The van der Waals surface area contributed by atoms with Crippen LogP contribution in [-0.2, 0) is 0 Å². The van der Waals surface area contributed by atoms with Crippen LogP contribution in [0, 0.1) is 28.4 Å². The van der Waals surface area contributed by atoms with Crippen molar-refractivity contribution in [3.63, 3.8) is 0 Å². The molecule has 0 spiro atoms. The van der Waals surface area contributed by atoms with Gasteiger partial charge in [-0.3, -0.25) is 10.1 Å². The van der Waals surface area contributed by atoms with Gasteiger partial charge in [-0.15, -0.1) is 0 Å². The van der Waals surface area contributed by atoms with Gasteiger partial charge in [0.2, 0.25) is 0 Å². The molecular formula is C10H8N2O2. The Morgan fingerprint density at radius 2 is 2.29 bits per heavy atom. The van der Waals surface area contributed by atoms with E-state index in [1.165, 1.54) is 18.2 Å². The molecule has 0 fully saturated rings. The number of non-ortho nitro benzene ring substituents is 1. The molecule has 70 valence electrons. The van der Waals surface area contributed by atoms with Gasteiger partial charge in [-0.05, 0) is 30.2 Å². The topological polar surface area (TPSA) is 66.9 Å². The van der Waals surface area contributed by atoms with Crippen molar-refractivity contribution in [3.05, 3.63) is 45.5 Å². The van der Waals surface area contributed by atoms with Crippen LogP contribution in [0.1, 0.15) is 11.1 Å². The SMILES string of the molecule is Cc1cc([N+](=O)[O-])ccc1C=CC#N. The molecule has 1 aromatic carbocycles. The van der Waals surface area contributed by atoms with E-state index in [1.54, 1.807) is 19.1 Å². The summed E-state index contributed by atoms with van der Waals surface area (Å²) in [5.41, 5.74) is 1.67. The predicted octanol–water partition coefficient (Wildman–Crippen LogP) is 2.44. The van der Waals surface area contributed by atoms with Crippen molar-refractivity contribution >= 4 is 11.8 Å². The first-order valence-corrected chi connectivity index (χ1v) is 3.96. The van der Waals surface area contributed by atoms with Crippen LogP contribution in [0.5, 0.6) is 0 Å². The number of allylic oxidation sites excluding steroid dienone is 1. The highest BCUT2D eigenvalue weighted by atomic mass is 16.6. The average Bonchev–Trinajstić information content (AvgIpc) is 2.15. The summed E-state index contributed by atoms with van der Waals surface area (Å²) in [4.78, 5) is 9.97. The summed E-state index contributed by atoms with van der Waals surface area (Å²) < 4.78 is 0. The molecule has 0 saturated carbocycles. The fourth-order valence-electron chi connectivity index (χ4n) is 1.09. The van der Waals surface area contributed by atoms with Crippen molar-refractivity contribution in [1.29, 1.82) is 5.26 Å². The van der Waals surface area contributed by atoms with E-state index >= 15 is 0 Å². The number of benzene rings is 1. The minimum atomic E-state index is -0.440. The van der Waals surface area contributed by atoms with Crippen LogP contribution in [0.25, 0.3) is 6.08 Å². The van der Waals surface area contributed by atoms with Crippen LogP contribution in [0.2, 0.25) is 0 Å². The van der Waals surface area contributed by atoms with Crippen molar-refractivity contribution < 1.29 is 4.92 Å². The fourth-order valence-corrected chi connectivity index (χ4v) is 1.09. The van der Waals surface area contributed by atoms with E-state index in [9.17, 15) is 10.1 Å². The van der Waals surface area contributed by atoms with Crippen LogP contribution < -0.4 is 0 Å². The van der Waals surface area contributed by atoms with Gasteiger partial charge in [-0.25, -0.2) is 0 Å². The first-order valence-electron chi connectivity index (χ1n) is 3.96. The number of hydrogen-bond donors (Lipinski definition) is 0. The van der Waals surface area contributed by atoms with Crippen LogP contribution in [0.4, 0.5) is 5.69 Å². The third-order valence-electron chi connectivity index (χ3n) is 1.80. The molecule has 0 aliphatic heterocycles. The smallest absolute Gasteiger partial charge is 0.258 e. The van der Waals surface area contributed by atoms with Gasteiger partial charge in [0, 0.05) is 18.2 Å². The molecule has 0 amide bonds. The average molecular weight is 188 g/mol. The third kappa shape index (κ3) is 2.17. The van der Waals surface area contributed by atoms with Crippen molar-refractivity contribution in [2.75, 3.05) is 0 Å². The van der Waals surface area contributed by atoms with Crippen LogP contribution in [0.15, 0.2) is 24.3 Å². The van der Waals surface area contributed by atoms with E-state index in [4.69, 9.17) is 5.26 Å². The maximum Gasteiger partial charge on any atom is 0.269 e. The van der Waals surface area contributed by atoms with Gasteiger partial charge in [-0.2, -0.15) is 5.26 Å². The molecule has 4 heteroatoms. The lowest BCUT2D eigenvalue weighted by molar-refractivity contribution is -0.384. The zero-order chi connectivity index (χ0) is 10.6. The Hall–Kier alpha value is -2.15. The predicted molar refractivity (Wildman–Crippen MR) is 52.5 cm³/mol. The Kier molecular flexibility index (Phi) is 2.97. The summed E-state index contributed by atoms with van der Waals surface area (Å²) in [7, 11) is 0. The fraction of sp³-hybridized carbons (Fsp3) is 0.100. The van der Waals surface area contributed by atoms with Crippen molar-refractivity contribution in [1.82, 2.24) is 0 Å². The van der Waals surface area contributed by atoms with E-state index in [1.807, 2.05) is 6.07 Å². The normalized spacial score (nSPS) is 10.0. The summed E-state index contributed by atoms with van der Waals surface area (Å²) in [5.74, 6) is 0. The Labute approximate surface area is 81.2 Å². The van der Waals surface area contributed by atoms with Crippen molar-refractivity contribution in [3.8, 4) is 6.07 Å². The Bertz CT molecular complexity index is 430. The standard InChI is InChI=1S/C10H8N2O2/c1-8-7-10(12(13)14)5-4-9(8)3-2-6-11/h2-5,7H,1H3. The molecule has 0 heterocycles. The number of nitro groups is 1. The first kappa shape index (κ1) is 9.93. The lowest BCUT2D eigenvalue weighted by atomic mass is 10.1. The van der Waals surface area contributed by atoms with Gasteiger partial charge in [0.05, 0.1) is 11.0 Å². The zero-order valence-electron chi connectivity index (χ0n) is 7.60. The maximum absolute atomic E-state index is 10.4. The quantitative estimate of drug-likeness (QED) is 0.406. The number of nitrogens with zero attached hydrogens (tertiary/aromatic N) is 2. The van der Waals surface area contributed by atoms with Crippen molar-refractivity contribution in [2.45, 2.75) is 6.92 Å². The van der Waals surface area contributed by atoms with E-state index in [0.717, 1.165) is 11.1 Å². The number of aryl methyl sites for hydroxylation is 1. The molecular weight excluding hydrogens is 180 g/mol. The van der Waals surface area contributed by atoms with Crippen molar-refractivity contribution in [2.24, 2.45) is 0 Å². The molecule has 0 atom stereocenters. The first-order chi connectivity index (χ1) is 6.65. The summed E-state index contributed by atoms with van der Waals surface area (Å²) in [6.07, 6.45) is 2.97. The highest BCUT2D eigenvalue weighted by molar-refractivity contribution is 5.57. The maximum atomic E-state index is 10.4. The largest absolute Gasteiger partial charge is 0.269 e. The summed E-state index contributed by atoms with van der Waals surface area (Å²) in [5, 5.41) is 18.7. The van der Waals surface area contributed by atoms with Crippen LogP contribution in [0.3, 0.4) is 0 Å². The molecule has 14 heavy (non-hydrogen) atoms. The highest BCUT2D eigenvalue weighted by Gasteiger charge is 2.05. The van der Waals surface area contributed by atoms with Crippen LogP contribution in [-0.4, -0.2) is 4.92 Å². The monoisotopic (exact) mass is 188 g/mol. The van der Waals surface area contributed by atoms with Gasteiger partial charge in [-0.1, -0.05) is 0 Å². The second-order valence-corrected chi connectivity index (χ2v) is 2.76. The van der Waals surface area contributed by atoms with Gasteiger partial charge in [0.25, 0.3) is 5.69 Å². The molecule has 4 nitrogen and oxygen atoms in total. The van der Waals surface area contributed by atoms with E-state index < -0.39 is 4.92 Å². The molecule has 0 saturated heterocycles. The minimum absolute atomic E-state index is 0.0663. The number of nitro benzene ring substituents is 1. The lowest BCUT2D eigenvalue weighted by Crippen LogP contribution is -1.89. The number of hydrogen-bond acceptors (Lipinski definition) is 3. The molecule has 0 aliphatic rings. The molecule has 0 unspecified atom stereocenters. The molecule has 1 aromatic rings. The zero-order valence-corrected chi connectivity index (χ0v) is 7.60. The molecule has 0 aromatic heterocycles. The molecule has 0 aliphatic carbocycles. The van der Waals surface area contributed by atoms with E-state index in [0.29, 0.717) is 0 Å². The van der Waals surface area contributed by atoms with Gasteiger partial charge in [0.15, 0.2) is 0 Å². The van der Waals surface area contributed by atoms with E-state index in [-0.39, 0.29) is 5.69 Å². The summed E-state index contributed by atoms with van der Waals surface area (Å²) in [6, 6.07) is 6.40. The van der Waals surface area contributed by atoms with E-state index in [2.05, 4.69) is 0 Å². The van der Waals surface area contributed by atoms with Gasteiger partial charge >= 0.3 is 0 Å². The Morgan fingerprint density at radius 1 is 1.57 bits per heavy atom. The lowest BCUT2D eigenvalue weighted by Gasteiger charge is -1.98. The number of rotatable bonds is 2.